The van der Waals surface area contributed by atoms with E-state index in [0.717, 1.165) is 6.42 Å². The summed E-state index contributed by atoms with van der Waals surface area (Å²) in [6.45, 7) is 6.27. The van der Waals surface area contributed by atoms with Gasteiger partial charge in [-0.1, -0.05) is 13.8 Å². The molecule has 0 aromatic rings. The zero-order valence-corrected chi connectivity index (χ0v) is 11.1. The van der Waals surface area contributed by atoms with Crippen molar-refractivity contribution < 1.29 is 9.59 Å². The van der Waals surface area contributed by atoms with E-state index in [4.69, 9.17) is 5.73 Å². The van der Waals surface area contributed by atoms with Gasteiger partial charge in [0.1, 0.15) is 12.1 Å². The van der Waals surface area contributed by atoms with Gasteiger partial charge in [0.2, 0.25) is 11.8 Å². The van der Waals surface area contributed by atoms with Crippen molar-refractivity contribution in [2.45, 2.75) is 45.7 Å². The number of amides is 2. The Labute approximate surface area is 98.7 Å². The fraction of sp³-hybridized carbons (Fsp3) is 0.800. The molecule has 1 rings (SSSR count). The molecule has 0 aromatic carbocycles. The van der Waals surface area contributed by atoms with Crippen LogP contribution in [0.15, 0.2) is 4.74 Å². The molecule has 1 saturated heterocycles. The van der Waals surface area contributed by atoms with E-state index in [1.165, 1.54) is 4.90 Å². The van der Waals surface area contributed by atoms with Crippen LogP contribution in [0.3, 0.4) is 0 Å². The Hall–Kier alpha value is -0.960. The highest BCUT2D eigenvalue weighted by Crippen LogP contribution is 2.18. The van der Waals surface area contributed by atoms with Crippen molar-refractivity contribution in [1.29, 1.82) is 0 Å². The van der Waals surface area contributed by atoms with Crippen LogP contribution in [0.2, 0.25) is 0 Å². The topological polar surface area (TPSA) is 75.8 Å². The molecule has 16 heavy (non-hydrogen) atoms. The minimum Gasteiger partial charge on any atom is -0.368 e. The van der Waals surface area contributed by atoms with Gasteiger partial charge in [-0.05, 0) is 28.8 Å². The Bertz CT molecular complexity index is 271. The van der Waals surface area contributed by atoms with E-state index in [2.05, 4.69) is 13.8 Å². The molecule has 1 aliphatic heterocycles. The summed E-state index contributed by atoms with van der Waals surface area (Å²) in [4.78, 5) is 24.2. The fourth-order valence-corrected chi connectivity index (χ4v) is 1.73. The molecular formula is C10H20N3O2P. The summed E-state index contributed by atoms with van der Waals surface area (Å²) in [5.41, 5.74) is 5.19. The van der Waals surface area contributed by atoms with E-state index in [-0.39, 0.29) is 5.91 Å². The maximum absolute atomic E-state index is 11.7. The lowest BCUT2D eigenvalue weighted by Crippen LogP contribution is -2.46. The van der Waals surface area contributed by atoms with Crippen LogP contribution in [-0.4, -0.2) is 35.3 Å². The maximum atomic E-state index is 11.7. The van der Waals surface area contributed by atoms with Crippen molar-refractivity contribution in [3.8, 4) is 0 Å². The summed E-state index contributed by atoms with van der Waals surface area (Å²) >= 11 is 0. The summed E-state index contributed by atoms with van der Waals surface area (Å²) in [6, 6.07) is -0.912. The monoisotopic (exact) mass is 245 g/mol. The van der Waals surface area contributed by atoms with Crippen LogP contribution < -0.4 is 5.73 Å². The molecule has 92 valence electrons. The molecule has 5 nitrogen and oxygen atoms in total. The number of carbonyl (C=O) groups excluding carboxylic acids is 2. The second-order valence-electron chi connectivity index (χ2n) is 3.40. The molecule has 2 N–H and O–H groups in total. The van der Waals surface area contributed by atoms with E-state index in [1.807, 2.05) is 13.8 Å². The second-order valence-corrected chi connectivity index (χ2v) is 3.66. The van der Waals surface area contributed by atoms with Crippen molar-refractivity contribution in [3.05, 3.63) is 0 Å². The maximum Gasteiger partial charge on any atom is 0.248 e. The van der Waals surface area contributed by atoms with Gasteiger partial charge in [0.15, 0.2) is 0 Å². The van der Waals surface area contributed by atoms with Crippen LogP contribution in [0, 0.1) is 0 Å². The normalized spacial score (nSPS) is 20.7. The first-order chi connectivity index (χ1) is 7.57. The molecule has 1 fully saturated rings. The number of hydrogen-bond donors (Lipinski definition) is 1. The van der Waals surface area contributed by atoms with Crippen LogP contribution in [0.4, 0.5) is 0 Å². The van der Waals surface area contributed by atoms with Gasteiger partial charge in [0, 0.05) is 6.54 Å². The molecule has 1 heterocycles. The average molecular weight is 245 g/mol. The molecular weight excluding hydrogens is 225 g/mol. The van der Waals surface area contributed by atoms with Gasteiger partial charge in [-0.3, -0.25) is 14.3 Å². The number of nitrogens with two attached hydrogens (primary N) is 1. The second kappa shape index (κ2) is 7.34. The summed E-state index contributed by atoms with van der Waals surface area (Å²) in [6.07, 6.45) is 1.49. The Morgan fingerprint density at radius 3 is 2.50 bits per heavy atom. The number of hydrogen-bond acceptors (Lipinski definition) is 3. The smallest absolute Gasteiger partial charge is 0.248 e. The Morgan fingerprint density at radius 1 is 1.50 bits per heavy atom. The lowest BCUT2D eigenvalue weighted by molar-refractivity contribution is -0.137. The van der Waals surface area contributed by atoms with E-state index >= 15 is 0 Å². The van der Waals surface area contributed by atoms with Crippen molar-refractivity contribution in [2.75, 3.05) is 6.54 Å². The quantitative estimate of drug-likeness (QED) is 0.758. The summed E-state index contributed by atoms with van der Waals surface area (Å²) in [5.74, 6) is -0.585. The molecule has 0 aliphatic carbocycles. The molecule has 2 atom stereocenters. The Kier molecular flexibility index (Phi) is 6.90. The lowest BCUT2D eigenvalue weighted by Gasteiger charge is -2.23. The molecule has 0 radical (unpaired) electrons. The highest BCUT2D eigenvalue weighted by atomic mass is 31.0. The van der Waals surface area contributed by atoms with E-state index < -0.39 is 18.0 Å². The van der Waals surface area contributed by atoms with Crippen LogP contribution in [0.25, 0.3) is 0 Å². The Balaban J connectivity index is 0.00000106. The summed E-state index contributed by atoms with van der Waals surface area (Å²) in [7, 11) is 2.93. The lowest BCUT2D eigenvalue weighted by atomic mass is 10.2. The van der Waals surface area contributed by atoms with Crippen molar-refractivity contribution in [3.63, 3.8) is 0 Å². The average Bonchev–Trinajstić information content (AvgIpc) is 2.78. The molecule has 6 heteroatoms. The van der Waals surface area contributed by atoms with Gasteiger partial charge in [-0.15, -0.1) is 0 Å². The van der Waals surface area contributed by atoms with Crippen LogP contribution in [0.1, 0.15) is 33.6 Å². The largest absolute Gasteiger partial charge is 0.368 e. The third-order valence-corrected chi connectivity index (χ3v) is 2.80. The third-order valence-electron chi connectivity index (χ3n) is 2.42. The number of likely N-dealkylation sites (tertiary alicyclic amines) is 1. The number of rotatable bonds is 3. The van der Waals surface area contributed by atoms with Crippen LogP contribution in [-0.2, 0) is 9.59 Å². The van der Waals surface area contributed by atoms with Gasteiger partial charge < -0.3 is 10.6 Å². The van der Waals surface area contributed by atoms with Crippen LogP contribution >= 0.6 is 9.03 Å². The van der Waals surface area contributed by atoms with Gasteiger partial charge >= 0.3 is 0 Å². The predicted octanol–water partition coefficient (Wildman–Crippen LogP) is 1.20. The van der Waals surface area contributed by atoms with Gasteiger partial charge in [-0.25, -0.2) is 0 Å². The summed E-state index contributed by atoms with van der Waals surface area (Å²) in [5, 5.41) is 0. The highest BCUT2D eigenvalue weighted by molar-refractivity contribution is 7.04. The zero-order valence-electron chi connectivity index (χ0n) is 10.1. The minimum absolute atomic E-state index is 0.152. The third kappa shape index (κ3) is 3.56. The van der Waals surface area contributed by atoms with E-state index in [9.17, 15) is 9.59 Å². The van der Waals surface area contributed by atoms with Crippen molar-refractivity contribution >= 4 is 20.8 Å². The minimum atomic E-state index is -0.466. The summed E-state index contributed by atoms with van der Waals surface area (Å²) < 4.78 is 3.69. The molecule has 0 saturated carbocycles. The fourth-order valence-electron chi connectivity index (χ4n) is 1.62. The first-order valence-electron chi connectivity index (χ1n) is 5.54. The zero-order chi connectivity index (χ0) is 12.7. The van der Waals surface area contributed by atoms with Gasteiger partial charge in [-0.2, -0.15) is 0 Å². The molecule has 1 aliphatic rings. The standard InChI is InChI=1S/C8H14N3O2P.C2H6/c1-5(10-14)8(13)11-4-2-3-6(11)7(9)12;1-2/h5-6,14H,2-4H2,1H3,(H2,9,12);1-2H3. The van der Waals surface area contributed by atoms with Crippen molar-refractivity contribution in [2.24, 2.45) is 10.5 Å². The molecule has 0 spiro atoms. The number of primary amides is 1. The first kappa shape index (κ1) is 15.0. The molecule has 2 amide bonds. The Morgan fingerprint density at radius 2 is 2.06 bits per heavy atom. The van der Waals surface area contributed by atoms with E-state index in [1.54, 1.807) is 6.92 Å². The van der Waals surface area contributed by atoms with Gasteiger partial charge in [0.05, 0.1) is 0 Å². The predicted molar refractivity (Wildman–Crippen MR) is 65.5 cm³/mol. The molecule has 0 bridgehead atoms. The van der Waals surface area contributed by atoms with E-state index in [0.29, 0.717) is 13.0 Å². The highest BCUT2D eigenvalue weighted by Gasteiger charge is 2.34. The van der Waals surface area contributed by atoms with Crippen LogP contribution in [0.5, 0.6) is 0 Å². The molecule has 2 unspecified atom stereocenters. The SMILES string of the molecule is CC.CC(N=P)C(=O)N1CCCC1C(N)=O. The number of nitrogens with zero attached hydrogens (tertiary/aromatic N) is 2. The van der Waals surface area contributed by atoms with Gasteiger partial charge in [0.25, 0.3) is 0 Å². The first-order valence-corrected chi connectivity index (χ1v) is 5.99. The van der Waals surface area contributed by atoms with Crippen molar-refractivity contribution in [1.82, 2.24) is 4.90 Å². The number of carbonyl (C=O) groups is 2. The molecule has 0 aromatic heterocycles.